The molecule has 0 unspecified atom stereocenters. The van der Waals surface area contributed by atoms with Crippen molar-refractivity contribution in [3.63, 3.8) is 0 Å². The van der Waals surface area contributed by atoms with Gasteiger partial charge in [0, 0.05) is 23.0 Å². The Labute approximate surface area is 86.7 Å². The van der Waals surface area contributed by atoms with Crippen LogP contribution in [-0.2, 0) is 11.8 Å². The fourth-order valence-electron chi connectivity index (χ4n) is 2.60. The van der Waals surface area contributed by atoms with Crippen molar-refractivity contribution in [2.24, 2.45) is 0 Å². The first-order valence-corrected chi connectivity index (χ1v) is 5.60. The van der Waals surface area contributed by atoms with Crippen molar-refractivity contribution in [1.82, 2.24) is 5.32 Å². The largest absolute Gasteiger partial charge is 0.315 e. The molecule has 0 saturated carbocycles. The lowest BCUT2D eigenvalue weighted by Crippen LogP contribution is -2.55. The van der Waals surface area contributed by atoms with Gasteiger partial charge in [-0.25, -0.2) is 0 Å². The molecule has 1 N–H and O–H groups in total. The number of fused-ring (bicyclic) bond motifs is 2. The normalized spacial score (nSPS) is 22.8. The zero-order chi connectivity index (χ0) is 8.89. The van der Waals surface area contributed by atoms with Crippen molar-refractivity contribution >= 4 is 15.9 Å². The Morgan fingerprint density at radius 2 is 2.15 bits per heavy atom. The summed E-state index contributed by atoms with van der Waals surface area (Å²) in [6.45, 7) is 2.35. The topological polar surface area (TPSA) is 12.0 Å². The predicted octanol–water partition coefficient (Wildman–Crippen LogP) is 2.24. The molecule has 2 aliphatic rings. The Hall–Kier alpha value is -0.340. The van der Waals surface area contributed by atoms with Crippen LogP contribution in [0.4, 0.5) is 0 Å². The molecule has 1 aliphatic heterocycles. The molecule has 0 atom stereocenters. The third-order valence-electron chi connectivity index (χ3n) is 3.47. The van der Waals surface area contributed by atoms with Crippen LogP contribution in [0.3, 0.4) is 0 Å². The van der Waals surface area contributed by atoms with Crippen LogP contribution in [0.5, 0.6) is 0 Å². The summed E-state index contributed by atoms with van der Waals surface area (Å²) < 4.78 is 1.30. The average molecular weight is 238 g/mol. The van der Waals surface area contributed by atoms with Gasteiger partial charge in [-0.05, 0) is 30.0 Å². The quantitative estimate of drug-likeness (QED) is 0.730. The maximum atomic E-state index is 3.63. The molecule has 1 nitrogen and oxygen atoms in total. The Morgan fingerprint density at radius 3 is 2.85 bits per heavy atom. The van der Waals surface area contributed by atoms with Crippen LogP contribution in [-0.4, -0.2) is 13.1 Å². The first-order chi connectivity index (χ1) is 6.32. The van der Waals surface area contributed by atoms with E-state index in [0.717, 1.165) is 0 Å². The summed E-state index contributed by atoms with van der Waals surface area (Å²) >= 11 is 3.63. The van der Waals surface area contributed by atoms with Gasteiger partial charge in [0.1, 0.15) is 0 Å². The second-order valence-corrected chi connectivity index (χ2v) is 5.00. The minimum atomic E-state index is 0.499. The van der Waals surface area contributed by atoms with Crippen molar-refractivity contribution in [3.05, 3.63) is 33.8 Å². The first-order valence-electron chi connectivity index (χ1n) is 4.80. The molecule has 1 aromatic rings. The van der Waals surface area contributed by atoms with E-state index in [-0.39, 0.29) is 0 Å². The Bertz CT molecular complexity index is 355. The molecule has 13 heavy (non-hydrogen) atoms. The summed E-state index contributed by atoms with van der Waals surface area (Å²) in [5, 5.41) is 3.39. The first kappa shape index (κ1) is 8.01. The Balaban J connectivity index is 2.16. The monoisotopic (exact) mass is 237 g/mol. The molecule has 1 fully saturated rings. The van der Waals surface area contributed by atoms with Gasteiger partial charge in [-0.3, -0.25) is 0 Å². The third-order valence-corrected chi connectivity index (χ3v) is 4.21. The van der Waals surface area contributed by atoms with Gasteiger partial charge in [-0.15, -0.1) is 0 Å². The second kappa shape index (κ2) is 2.58. The van der Waals surface area contributed by atoms with E-state index in [0.29, 0.717) is 5.41 Å². The minimum Gasteiger partial charge on any atom is -0.315 e. The van der Waals surface area contributed by atoms with Crippen LogP contribution in [0.2, 0.25) is 0 Å². The molecule has 1 aromatic carbocycles. The van der Waals surface area contributed by atoms with Gasteiger partial charge in [-0.1, -0.05) is 28.1 Å². The molecule has 0 amide bonds. The van der Waals surface area contributed by atoms with Crippen molar-refractivity contribution in [1.29, 1.82) is 0 Å². The summed E-state index contributed by atoms with van der Waals surface area (Å²) in [7, 11) is 0. The highest BCUT2D eigenvalue weighted by molar-refractivity contribution is 9.10. The molecule has 2 heteroatoms. The molecule has 0 aromatic heterocycles. The van der Waals surface area contributed by atoms with Gasteiger partial charge in [-0.2, -0.15) is 0 Å². The SMILES string of the molecule is Brc1cccc2c1CCC21CNC1. The molecular weight excluding hydrogens is 226 g/mol. The zero-order valence-electron chi connectivity index (χ0n) is 7.44. The van der Waals surface area contributed by atoms with Gasteiger partial charge in [0.25, 0.3) is 0 Å². The summed E-state index contributed by atoms with van der Waals surface area (Å²) in [5.74, 6) is 0. The summed E-state index contributed by atoms with van der Waals surface area (Å²) in [4.78, 5) is 0. The van der Waals surface area contributed by atoms with Crippen LogP contribution in [0.25, 0.3) is 0 Å². The molecule has 3 rings (SSSR count). The van der Waals surface area contributed by atoms with Crippen molar-refractivity contribution in [2.45, 2.75) is 18.3 Å². The van der Waals surface area contributed by atoms with Crippen LogP contribution >= 0.6 is 15.9 Å². The number of hydrogen-bond acceptors (Lipinski definition) is 1. The number of benzene rings is 1. The van der Waals surface area contributed by atoms with Gasteiger partial charge in [0.15, 0.2) is 0 Å². The summed E-state index contributed by atoms with van der Waals surface area (Å²) in [6, 6.07) is 6.62. The van der Waals surface area contributed by atoms with E-state index >= 15 is 0 Å². The van der Waals surface area contributed by atoms with Crippen molar-refractivity contribution in [2.75, 3.05) is 13.1 Å². The highest BCUT2D eigenvalue weighted by Gasteiger charge is 2.43. The Morgan fingerprint density at radius 1 is 1.31 bits per heavy atom. The molecule has 0 bridgehead atoms. The number of nitrogens with one attached hydrogen (secondary N) is 1. The van der Waals surface area contributed by atoms with E-state index in [1.807, 2.05) is 0 Å². The minimum absolute atomic E-state index is 0.499. The number of hydrogen-bond donors (Lipinski definition) is 1. The average Bonchev–Trinajstić information content (AvgIpc) is 2.44. The zero-order valence-corrected chi connectivity index (χ0v) is 9.02. The highest BCUT2D eigenvalue weighted by atomic mass is 79.9. The van der Waals surface area contributed by atoms with Crippen LogP contribution in [0, 0.1) is 0 Å². The van der Waals surface area contributed by atoms with E-state index in [1.165, 1.54) is 30.4 Å². The van der Waals surface area contributed by atoms with Crippen LogP contribution in [0.15, 0.2) is 22.7 Å². The standard InChI is InChI=1S/C11H12BrN/c12-10-3-1-2-9-8(10)4-5-11(9)6-13-7-11/h1-3,13H,4-7H2. The van der Waals surface area contributed by atoms with Gasteiger partial charge in [0.2, 0.25) is 0 Å². The second-order valence-electron chi connectivity index (χ2n) is 4.15. The maximum absolute atomic E-state index is 3.63. The van der Waals surface area contributed by atoms with Crippen molar-refractivity contribution in [3.8, 4) is 0 Å². The van der Waals surface area contributed by atoms with Crippen molar-refractivity contribution < 1.29 is 0 Å². The van der Waals surface area contributed by atoms with Gasteiger partial charge >= 0.3 is 0 Å². The lowest BCUT2D eigenvalue weighted by atomic mass is 9.76. The van der Waals surface area contributed by atoms with Crippen LogP contribution in [0.1, 0.15) is 17.5 Å². The summed E-state index contributed by atoms with van der Waals surface area (Å²) in [5.41, 5.74) is 3.63. The fourth-order valence-corrected chi connectivity index (χ4v) is 3.17. The summed E-state index contributed by atoms with van der Waals surface area (Å²) in [6.07, 6.45) is 2.58. The smallest absolute Gasteiger partial charge is 0.0210 e. The lowest BCUT2D eigenvalue weighted by Gasteiger charge is -2.40. The van der Waals surface area contributed by atoms with Crippen LogP contribution < -0.4 is 5.32 Å². The Kier molecular flexibility index (Phi) is 1.59. The fraction of sp³-hybridized carbons (Fsp3) is 0.455. The molecule has 0 radical (unpaired) electrons. The molecule has 1 heterocycles. The van der Waals surface area contributed by atoms with E-state index in [4.69, 9.17) is 0 Å². The molecule has 1 aliphatic carbocycles. The number of rotatable bonds is 0. The predicted molar refractivity (Wildman–Crippen MR) is 57.0 cm³/mol. The highest BCUT2D eigenvalue weighted by Crippen LogP contribution is 2.43. The molecule has 1 saturated heterocycles. The lowest BCUT2D eigenvalue weighted by molar-refractivity contribution is 0.276. The molecule has 68 valence electrons. The van der Waals surface area contributed by atoms with E-state index in [2.05, 4.69) is 39.4 Å². The van der Waals surface area contributed by atoms with Gasteiger partial charge < -0.3 is 5.32 Å². The third kappa shape index (κ3) is 0.960. The maximum Gasteiger partial charge on any atom is 0.0210 e. The number of halogens is 1. The molecular formula is C11H12BrN. The van der Waals surface area contributed by atoms with E-state index < -0.39 is 0 Å². The van der Waals surface area contributed by atoms with E-state index in [1.54, 1.807) is 11.1 Å². The van der Waals surface area contributed by atoms with E-state index in [9.17, 15) is 0 Å². The molecule has 1 spiro atoms. The van der Waals surface area contributed by atoms with Gasteiger partial charge in [0.05, 0.1) is 0 Å².